The number of nitrogens with one attached hydrogen (secondary N) is 2. The van der Waals surface area contributed by atoms with Crippen molar-refractivity contribution in [3.8, 4) is 5.75 Å². The van der Waals surface area contributed by atoms with Gasteiger partial charge in [0.25, 0.3) is 0 Å². The van der Waals surface area contributed by atoms with Crippen LogP contribution >= 0.6 is 23.8 Å². The van der Waals surface area contributed by atoms with Crippen LogP contribution in [0.2, 0.25) is 5.02 Å². The van der Waals surface area contributed by atoms with E-state index in [2.05, 4.69) is 10.6 Å². The van der Waals surface area contributed by atoms with Crippen molar-refractivity contribution in [3.63, 3.8) is 0 Å². The number of ether oxygens (including phenoxy) is 3. The first-order valence-electron chi connectivity index (χ1n) is 8.40. The van der Waals surface area contributed by atoms with E-state index in [9.17, 15) is 9.59 Å². The molecule has 1 aliphatic rings. The van der Waals surface area contributed by atoms with Crippen molar-refractivity contribution in [3.05, 3.63) is 40.1 Å². The highest BCUT2D eigenvalue weighted by molar-refractivity contribution is 7.80. The minimum atomic E-state index is -0.645. The zero-order valence-electron chi connectivity index (χ0n) is 15.3. The summed E-state index contributed by atoms with van der Waals surface area (Å²) in [4.78, 5) is 24.1. The van der Waals surface area contributed by atoms with E-state index < -0.39 is 18.0 Å². The Kier molecular flexibility index (Phi) is 7.44. The fraction of sp³-hybridized carbons (Fsp3) is 0.389. The number of carbonyl (C=O) groups excluding carboxylic acids is 2. The predicted octanol–water partition coefficient (Wildman–Crippen LogP) is 2.64. The zero-order chi connectivity index (χ0) is 20.0. The number of thiocarbonyl (C=S) groups is 1. The lowest BCUT2D eigenvalue weighted by molar-refractivity contribution is -0.145. The van der Waals surface area contributed by atoms with Crippen LogP contribution in [0.4, 0.5) is 0 Å². The van der Waals surface area contributed by atoms with Gasteiger partial charge in [0, 0.05) is 16.3 Å². The van der Waals surface area contributed by atoms with Crippen LogP contribution in [0.15, 0.2) is 29.5 Å². The maximum atomic E-state index is 12.5. The molecule has 1 aromatic rings. The topological polar surface area (TPSA) is 85.9 Å². The largest absolute Gasteiger partial charge is 0.482 e. The van der Waals surface area contributed by atoms with Crippen LogP contribution in [0.3, 0.4) is 0 Å². The third-order valence-electron chi connectivity index (χ3n) is 3.70. The Bertz CT molecular complexity index is 781. The van der Waals surface area contributed by atoms with Gasteiger partial charge in [0.05, 0.1) is 24.8 Å². The lowest BCUT2D eigenvalue weighted by Crippen LogP contribution is -2.45. The molecule has 1 atom stereocenters. The average Bonchev–Trinajstić information content (AvgIpc) is 2.60. The number of allylic oxidation sites excluding steroid dienone is 1. The maximum absolute atomic E-state index is 12.5. The molecule has 0 radical (unpaired) electrons. The number of hydrogen-bond donors (Lipinski definition) is 2. The van der Waals surface area contributed by atoms with E-state index in [0.717, 1.165) is 0 Å². The van der Waals surface area contributed by atoms with Crippen LogP contribution in [0.1, 0.15) is 32.4 Å². The van der Waals surface area contributed by atoms with Crippen LogP contribution in [0, 0.1) is 0 Å². The molecule has 2 rings (SSSR count). The van der Waals surface area contributed by atoms with Crippen LogP contribution < -0.4 is 15.4 Å². The second-order valence-electron chi connectivity index (χ2n) is 5.57. The summed E-state index contributed by atoms with van der Waals surface area (Å²) in [5.41, 5.74) is 1.48. The second-order valence-corrected chi connectivity index (χ2v) is 6.41. The first kappa shape index (κ1) is 21.0. The third kappa shape index (κ3) is 5.33. The molecule has 2 N–H and O–H groups in total. The minimum Gasteiger partial charge on any atom is -0.482 e. The minimum absolute atomic E-state index is 0.231. The summed E-state index contributed by atoms with van der Waals surface area (Å²) >= 11 is 11.4. The molecule has 0 aliphatic carbocycles. The van der Waals surface area contributed by atoms with Gasteiger partial charge in [-0.3, -0.25) is 0 Å². The molecule has 0 saturated carbocycles. The summed E-state index contributed by atoms with van der Waals surface area (Å²) in [5, 5.41) is 6.75. The molecule has 146 valence electrons. The van der Waals surface area contributed by atoms with E-state index in [1.54, 1.807) is 39.0 Å². The highest BCUT2D eigenvalue weighted by Gasteiger charge is 2.33. The molecule has 9 heteroatoms. The Labute approximate surface area is 168 Å². The van der Waals surface area contributed by atoms with Crippen molar-refractivity contribution in [2.24, 2.45) is 0 Å². The fourth-order valence-electron chi connectivity index (χ4n) is 2.62. The van der Waals surface area contributed by atoms with Crippen molar-refractivity contribution in [2.75, 3.05) is 19.8 Å². The van der Waals surface area contributed by atoms with Crippen molar-refractivity contribution in [1.82, 2.24) is 10.6 Å². The lowest BCUT2D eigenvalue weighted by atomic mass is 9.95. The summed E-state index contributed by atoms with van der Waals surface area (Å²) in [6, 6.07) is 4.27. The van der Waals surface area contributed by atoms with E-state index in [4.69, 9.17) is 38.0 Å². The summed E-state index contributed by atoms with van der Waals surface area (Å²) in [6.07, 6.45) is 0. The Morgan fingerprint density at radius 2 is 1.93 bits per heavy atom. The monoisotopic (exact) mass is 412 g/mol. The van der Waals surface area contributed by atoms with Crippen LogP contribution in [0.5, 0.6) is 5.75 Å². The van der Waals surface area contributed by atoms with Crippen LogP contribution in [0.25, 0.3) is 0 Å². The lowest BCUT2D eigenvalue weighted by Gasteiger charge is -2.30. The van der Waals surface area contributed by atoms with Gasteiger partial charge in [-0.05, 0) is 51.2 Å². The summed E-state index contributed by atoms with van der Waals surface area (Å²) in [5.74, 6) is -0.604. The molecule has 0 fully saturated rings. The molecule has 0 aromatic heterocycles. The molecule has 27 heavy (non-hydrogen) atoms. The zero-order valence-corrected chi connectivity index (χ0v) is 16.8. The Balaban J connectivity index is 2.42. The average molecular weight is 413 g/mol. The third-order valence-corrected chi connectivity index (χ3v) is 4.15. The van der Waals surface area contributed by atoms with Gasteiger partial charge in [0.2, 0.25) is 0 Å². The molecular weight excluding hydrogens is 392 g/mol. The van der Waals surface area contributed by atoms with Gasteiger partial charge in [0.1, 0.15) is 5.75 Å². The molecule has 1 aliphatic heterocycles. The number of rotatable bonds is 7. The van der Waals surface area contributed by atoms with E-state index in [0.29, 0.717) is 32.7 Å². The molecule has 0 bridgehead atoms. The molecule has 0 amide bonds. The molecule has 0 unspecified atom stereocenters. The number of benzene rings is 1. The highest BCUT2D eigenvalue weighted by Crippen LogP contribution is 2.35. The van der Waals surface area contributed by atoms with Gasteiger partial charge in [0.15, 0.2) is 11.7 Å². The Morgan fingerprint density at radius 1 is 1.22 bits per heavy atom. The maximum Gasteiger partial charge on any atom is 0.344 e. The smallest absolute Gasteiger partial charge is 0.344 e. The van der Waals surface area contributed by atoms with Gasteiger partial charge in [-0.1, -0.05) is 11.6 Å². The van der Waals surface area contributed by atoms with Crippen molar-refractivity contribution in [2.45, 2.75) is 26.8 Å². The molecule has 1 aromatic carbocycles. The van der Waals surface area contributed by atoms with E-state index in [1.165, 1.54) is 0 Å². The summed E-state index contributed by atoms with van der Waals surface area (Å²) < 4.78 is 15.7. The molecule has 0 saturated heterocycles. The number of carbonyl (C=O) groups is 2. The predicted molar refractivity (Wildman–Crippen MR) is 105 cm³/mol. The van der Waals surface area contributed by atoms with Gasteiger partial charge in [-0.15, -0.1) is 0 Å². The first-order chi connectivity index (χ1) is 12.9. The van der Waals surface area contributed by atoms with Gasteiger partial charge < -0.3 is 24.8 Å². The molecule has 7 nitrogen and oxygen atoms in total. The standard InChI is InChI=1S/C18H21ClN2O5S/c1-4-24-14(22)9-26-13-7-6-11(19)8-12(13)16-15(17(23)25-5-2)10(3)20-18(27)21-16/h6-8,16H,4-5,9H2,1-3H3,(H2,20,21,27)/t16-/m0/s1. The fourth-order valence-corrected chi connectivity index (χ4v) is 3.07. The molecular formula is C18H21ClN2O5S. The normalized spacial score (nSPS) is 16.3. The first-order valence-corrected chi connectivity index (χ1v) is 9.19. The highest BCUT2D eigenvalue weighted by atomic mass is 35.5. The van der Waals surface area contributed by atoms with Crippen molar-refractivity contribution >= 4 is 40.9 Å². The van der Waals surface area contributed by atoms with E-state index in [-0.39, 0.29) is 19.8 Å². The van der Waals surface area contributed by atoms with Gasteiger partial charge in [-0.2, -0.15) is 0 Å². The van der Waals surface area contributed by atoms with Crippen molar-refractivity contribution < 1.29 is 23.8 Å². The molecule has 0 spiro atoms. The van der Waals surface area contributed by atoms with Crippen LogP contribution in [-0.2, 0) is 19.1 Å². The Hall–Kier alpha value is -2.32. The number of hydrogen-bond acceptors (Lipinski definition) is 6. The quantitative estimate of drug-likeness (QED) is 0.522. The summed E-state index contributed by atoms with van der Waals surface area (Å²) in [6.45, 7) is 5.39. The van der Waals surface area contributed by atoms with Gasteiger partial charge in [-0.25, -0.2) is 9.59 Å². The number of esters is 2. The SMILES string of the molecule is CCOC(=O)COc1ccc(Cl)cc1[C@@H]1NC(=S)NC(C)=C1C(=O)OCC. The molecule has 1 heterocycles. The van der Waals surface area contributed by atoms with Crippen LogP contribution in [-0.4, -0.2) is 36.9 Å². The number of halogens is 1. The van der Waals surface area contributed by atoms with Crippen molar-refractivity contribution in [1.29, 1.82) is 0 Å². The Morgan fingerprint density at radius 3 is 2.59 bits per heavy atom. The second kappa shape index (κ2) is 9.57. The van der Waals surface area contributed by atoms with E-state index in [1.807, 2.05) is 0 Å². The van der Waals surface area contributed by atoms with Gasteiger partial charge >= 0.3 is 11.9 Å². The van der Waals surface area contributed by atoms with E-state index >= 15 is 0 Å². The summed E-state index contributed by atoms with van der Waals surface area (Å²) in [7, 11) is 0.